The molecule has 1 saturated heterocycles. The van der Waals surface area contributed by atoms with Crippen molar-refractivity contribution in [2.24, 2.45) is 0 Å². The normalized spacial score (nSPS) is 17.1. The van der Waals surface area contributed by atoms with Crippen molar-refractivity contribution in [2.45, 2.75) is 44.2 Å². The van der Waals surface area contributed by atoms with Gasteiger partial charge in [0.05, 0.1) is 0 Å². The fraction of sp³-hybridized carbons (Fsp3) is 0.471. The number of aryl methyl sites for hydroxylation is 2. The van der Waals surface area contributed by atoms with E-state index in [1.807, 2.05) is 24.3 Å². The predicted molar refractivity (Wildman–Crippen MR) is 96.0 cm³/mol. The van der Waals surface area contributed by atoms with E-state index in [0.717, 1.165) is 37.5 Å². The largest absolute Gasteiger partial charge is 0.360 e. The van der Waals surface area contributed by atoms with Gasteiger partial charge in [0, 0.05) is 30.7 Å². The Morgan fingerprint density at radius 1 is 1.24 bits per heavy atom. The molecule has 6 nitrogen and oxygen atoms in total. The van der Waals surface area contributed by atoms with Crippen LogP contribution in [0.5, 0.6) is 0 Å². The maximum atomic E-state index is 12.6. The summed E-state index contributed by atoms with van der Waals surface area (Å²) in [6.07, 6.45) is 1.55. The summed E-state index contributed by atoms with van der Waals surface area (Å²) in [5.74, 6) is 0.324. The Labute approximate surface area is 153 Å². The summed E-state index contributed by atoms with van der Waals surface area (Å²) < 4.78 is 32.9. The number of rotatable bonds is 5. The van der Waals surface area contributed by atoms with Crippen LogP contribution in [0.1, 0.15) is 29.9 Å². The van der Waals surface area contributed by atoms with Gasteiger partial charge in [0.15, 0.2) is 5.76 Å². The maximum Gasteiger partial charge on any atom is 0.246 e. The molecule has 25 heavy (non-hydrogen) atoms. The topological polar surface area (TPSA) is 75.4 Å². The van der Waals surface area contributed by atoms with Crippen molar-refractivity contribution < 1.29 is 12.9 Å². The molecule has 0 saturated carbocycles. The number of likely N-dealkylation sites (tertiary alicyclic amines) is 1. The van der Waals surface area contributed by atoms with E-state index in [0.29, 0.717) is 11.5 Å². The molecule has 0 unspecified atom stereocenters. The minimum atomic E-state index is -3.60. The van der Waals surface area contributed by atoms with E-state index in [1.165, 1.54) is 5.56 Å². The standard InChI is InChI=1S/C17H22ClN3O3S/c1-12-17(13(2)24-19-12)25(22,23)20-16-7-9-21(10-8-16)11-14-3-5-15(18)6-4-14/h3-6,16,20H,7-11H2,1-2H3. The lowest BCUT2D eigenvalue weighted by Gasteiger charge is -2.32. The maximum absolute atomic E-state index is 12.6. The van der Waals surface area contributed by atoms with Crippen LogP contribution in [0.25, 0.3) is 0 Å². The van der Waals surface area contributed by atoms with Crippen molar-refractivity contribution in [1.29, 1.82) is 0 Å². The van der Waals surface area contributed by atoms with Crippen LogP contribution >= 0.6 is 11.6 Å². The van der Waals surface area contributed by atoms with Gasteiger partial charge >= 0.3 is 0 Å². The fourth-order valence-corrected chi connectivity index (χ4v) is 4.95. The highest BCUT2D eigenvalue weighted by molar-refractivity contribution is 7.89. The first-order chi connectivity index (χ1) is 11.8. The molecule has 1 aliphatic heterocycles. The van der Waals surface area contributed by atoms with Crippen molar-refractivity contribution >= 4 is 21.6 Å². The monoisotopic (exact) mass is 383 g/mol. The van der Waals surface area contributed by atoms with Crippen LogP contribution in [0, 0.1) is 13.8 Å². The van der Waals surface area contributed by atoms with E-state index in [9.17, 15) is 8.42 Å². The molecule has 0 aliphatic carbocycles. The van der Waals surface area contributed by atoms with E-state index in [-0.39, 0.29) is 10.9 Å². The molecule has 1 N–H and O–H groups in total. The van der Waals surface area contributed by atoms with E-state index in [1.54, 1.807) is 13.8 Å². The van der Waals surface area contributed by atoms with Crippen LogP contribution in [0.2, 0.25) is 5.02 Å². The number of benzene rings is 1. The lowest BCUT2D eigenvalue weighted by Crippen LogP contribution is -2.44. The second-order valence-corrected chi connectivity index (χ2v) is 8.54. The summed E-state index contributed by atoms with van der Waals surface area (Å²) in [5, 5.41) is 4.46. The molecule has 0 atom stereocenters. The predicted octanol–water partition coefficient (Wildman–Crippen LogP) is 2.89. The van der Waals surface area contributed by atoms with Gasteiger partial charge in [0.1, 0.15) is 10.6 Å². The Hall–Kier alpha value is -1.41. The highest BCUT2D eigenvalue weighted by atomic mass is 35.5. The average molecular weight is 384 g/mol. The lowest BCUT2D eigenvalue weighted by molar-refractivity contribution is 0.200. The number of sulfonamides is 1. The third-order valence-corrected chi connectivity index (χ3v) is 6.48. The summed E-state index contributed by atoms with van der Waals surface area (Å²) >= 11 is 5.91. The van der Waals surface area contributed by atoms with Crippen molar-refractivity contribution in [3.63, 3.8) is 0 Å². The highest BCUT2D eigenvalue weighted by Crippen LogP contribution is 2.21. The first kappa shape index (κ1) is 18.4. The van der Waals surface area contributed by atoms with Gasteiger partial charge in [-0.05, 0) is 44.4 Å². The first-order valence-corrected chi connectivity index (χ1v) is 10.1. The molecule has 3 rings (SSSR count). The number of hydrogen-bond acceptors (Lipinski definition) is 5. The van der Waals surface area contributed by atoms with Crippen LogP contribution in [-0.4, -0.2) is 37.6 Å². The molecule has 0 amide bonds. The first-order valence-electron chi connectivity index (χ1n) is 8.27. The van der Waals surface area contributed by atoms with Crippen LogP contribution in [0.4, 0.5) is 0 Å². The van der Waals surface area contributed by atoms with Gasteiger partial charge in [-0.15, -0.1) is 0 Å². The lowest BCUT2D eigenvalue weighted by atomic mass is 10.1. The molecule has 0 spiro atoms. The summed E-state index contributed by atoms with van der Waals surface area (Å²) in [6.45, 7) is 5.79. The van der Waals surface area contributed by atoms with Gasteiger partial charge in [0.2, 0.25) is 10.0 Å². The molecule has 1 aromatic carbocycles. The van der Waals surface area contributed by atoms with Gasteiger partial charge in [-0.1, -0.05) is 28.9 Å². The number of aromatic nitrogens is 1. The van der Waals surface area contributed by atoms with E-state index in [2.05, 4.69) is 14.8 Å². The molecule has 1 aromatic heterocycles. The van der Waals surface area contributed by atoms with Crippen molar-refractivity contribution in [3.8, 4) is 0 Å². The number of nitrogens with one attached hydrogen (secondary N) is 1. The zero-order valence-electron chi connectivity index (χ0n) is 14.3. The second-order valence-electron chi connectivity index (χ2n) is 6.45. The third-order valence-electron chi connectivity index (χ3n) is 4.47. The summed E-state index contributed by atoms with van der Waals surface area (Å²) in [4.78, 5) is 2.49. The number of nitrogens with zero attached hydrogens (tertiary/aromatic N) is 2. The van der Waals surface area contributed by atoms with Crippen molar-refractivity contribution in [2.75, 3.05) is 13.1 Å². The Kier molecular flexibility index (Phi) is 5.48. The quantitative estimate of drug-likeness (QED) is 0.859. The van der Waals surface area contributed by atoms with Gasteiger partial charge in [0.25, 0.3) is 0 Å². The molecule has 8 heteroatoms. The van der Waals surface area contributed by atoms with Crippen LogP contribution < -0.4 is 4.72 Å². The zero-order valence-corrected chi connectivity index (χ0v) is 15.9. The fourth-order valence-electron chi connectivity index (χ4n) is 3.19. The molecule has 1 fully saturated rings. The van der Waals surface area contributed by atoms with Crippen molar-refractivity contribution in [3.05, 3.63) is 46.3 Å². The van der Waals surface area contributed by atoms with Gasteiger partial charge < -0.3 is 4.52 Å². The van der Waals surface area contributed by atoms with Gasteiger partial charge in [-0.3, -0.25) is 4.90 Å². The molecule has 1 aliphatic rings. The molecule has 0 bridgehead atoms. The Morgan fingerprint density at radius 3 is 2.44 bits per heavy atom. The minimum Gasteiger partial charge on any atom is -0.360 e. The van der Waals surface area contributed by atoms with E-state index >= 15 is 0 Å². The third kappa shape index (κ3) is 4.41. The molecule has 136 valence electrons. The summed E-state index contributed by atoms with van der Waals surface area (Å²) in [6, 6.07) is 7.76. The highest BCUT2D eigenvalue weighted by Gasteiger charge is 2.29. The smallest absolute Gasteiger partial charge is 0.246 e. The Morgan fingerprint density at radius 2 is 1.88 bits per heavy atom. The number of halogens is 1. The molecule has 0 radical (unpaired) electrons. The second kappa shape index (κ2) is 7.45. The Balaban J connectivity index is 1.56. The molecule has 2 heterocycles. The number of piperidine rings is 1. The van der Waals surface area contributed by atoms with Crippen molar-refractivity contribution in [1.82, 2.24) is 14.8 Å². The summed E-state index contributed by atoms with van der Waals surface area (Å²) in [7, 11) is -3.60. The zero-order chi connectivity index (χ0) is 18.0. The van der Waals surface area contributed by atoms with Crippen LogP contribution in [0.15, 0.2) is 33.7 Å². The molecule has 2 aromatic rings. The molecular weight excluding hydrogens is 362 g/mol. The minimum absolute atomic E-state index is 0.0693. The summed E-state index contributed by atoms with van der Waals surface area (Å²) in [5.41, 5.74) is 1.60. The molecular formula is C17H22ClN3O3S. The number of hydrogen-bond donors (Lipinski definition) is 1. The SMILES string of the molecule is Cc1noc(C)c1S(=O)(=O)NC1CCN(Cc2ccc(Cl)cc2)CC1. The van der Waals surface area contributed by atoms with Gasteiger partial charge in [-0.25, -0.2) is 13.1 Å². The van der Waals surface area contributed by atoms with Crippen LogP contribution in [-0.2, 0) is 16.6 Å². The Bertz CT molecular complexity index is 806. The van der Waals surface area contributed by atoms with Gasteiger partial charge in [-0.2, -0.15) is 0 Å². The van der Waals surface area contributed by atoms with E-state index in [4.69, 9.17) is 16.1 Å². The van der Waals surface area contributed by atoms with Crippen LogP contribution in [0.3, 0.4) is 0 Å². The van der Waals surface area contributed by atoms with E-state index < -0.39 is 10.0 Å². The average Bonchev–Trinajstić information content (AvgIpc) is 2.91.